The van der Waals surface area contributed by atoms with Crippen LogP contribution in [0.5, 0.6) is 0 Å². The van der Waals surface area contributed by atoms with E-state index in [2.05, 4.69) is 29.0 Å². The molecule has 0 bridgehead atoms. The molecule has 1 unspecified atom stereocenters. The lowest BCUT2D eigenvalue weighted by Gasteiger charge is -2.21. The largest absolute Gasteiger partial charge is 0.329 e. The molecule has 3 nitrogen and oxygen atoms in total. The van der Waals surface area contributed by atoms with Crippen LogP contribution in [0.15, 0.2) is 17.1 Å². The lowest BCUT2D eigenvalue weighted by atomic mass is 10.1. The second-order valence-corrected chi connectivity index (χ2v) is 6.05. The summed E-state index contributed by atoms with van der Waals surface area (Å²) in [6.07, 6.45) is 20.3. The minimum Gasteiger partial charge on any atom is -0.329 e. The summed E-state index contributed by atoms with van der Waals surface area (Å²) in [5, 5.41) is 0. The van der Waals surface area contributed by atoms with Crippen molar-refractivity contribution >= 4 is 6.21 Å². The number of hydrogen-bond acceptors (Lipinski definition) is 3. The first kappa shape index (κ1) is 18.4. The number of aliphatic imine (C=N–C) groups is 1. The van der Waals surface area contributed by atoms with E-state index in [1.807, 2.05) is 6.21 Å². The van der Waals surface area contributed by atoms with E-state index in [-0.39, 0.29) is 0 Å². The Morgan fingerprint density at radius 3 is 2.57 bits per heavy atom. The van der Waals surface area contributed by atoms with E-state index >= 15 is 0 Å². The first-order chi connectivity index (χ1) is 10.4. The molecule has 0 aromatic carbocycles. The summed E-state index contributed by atoms with van der Waals surface area (Å²) in [6.45, 7) is 4.96. The maximum absolute atomic E-state index is 5.62. The Bertz CT molecular complexity index is 286. The molecule has 0 fully saturated rings. The first-order valence-corrected chi connectivity index (χ1v) is 8.99. The van der Waals surface area contributed by atoms with Gasteiger partial charge in [-0.1, -0.05) is 51.2 Å². The van der Waals surface area contributed by atoms with E-state index in [0.29, 0.717) is 6.17 Å². The summed E-state index contributed by atoms with van der Waals surface area (Å²) in [5.41, 5.74) is 5.62. The average Bonchev–Trinajstić information content (AvgIpc) is 2.92. The Labute approximate surface area is 131 Å². The van der Waals surface area contributed by atoms with Gasteiger partial charge in [0.05, 0.1) is 0 Å². The summed E-state index contributed by atoms with van der Waals surface area (Å²) in [5.74, 6) is 0. The van der Waals surface area contributed by atoms with Gasteiger partial charge in [-0.05, 0) is 32.1 Å². The first-order valence-electron chi connectivity index (χ1n) is 8.99. The molecule has 0 aromatic heterocycles. The molecule has 0 spiro atoms. The van der Waals surface area contributed by atoms with E-state index in [9.17, 15) is 0 Å². The summed E-state index contributed by atoms with van der Waals surface area (Å²) in [6, 6.07) is 0. The van der Waals surface area contributed by atoms with Crippen LogP contribution < -0.4 is 5.73 Å². The van der Waals surface area contributed by atoms with Gasteiger partial charge >= 0.3 is 0 Å². The molecular weight excluding hydrogens is 258 g/mol. The molecule has 0 aromatic rings. The zero-order valence-corrected chi connectivity index (χ0v) is 14.0. The Balaban J connectivity index is 1.91. The minimum absolute atomic E-state index is 0.389. The number of hydrogen-bond donors (Lipinski definition) is 1. The Kier molecular flexibility index (Phi) is 11.4. The zero-order valence-electron chi connectivity index (χ0n) is 14.0. The van der Waals surface area contributed by atoms with Crippen molar-refractivity contribution in [1.82, 2.24) is 4.90 Å². The monoisotopic (exact) mass is 293 g/mol. The van der Waals surface area contributed by atoms with Crippen LogP contribution >= 0.6 is 0 Å². The zero-order chi connectivity index (χ0) is 15.2. The molecule has 122 valence electrons. The molecule has 1 rings (SSSR count). The van der Waals surface area contributed by atoms with Gasteiger partial charge in [-0.2, -0.15) is 0 Å². The van der Waals surface area contributed by atoms with Crippen LogP contribution in [0, 0.1) is 0 Å². The predicted molar refractivity (Wildman–Crippen MR) is 93.9 cm³/mol. The number of rotatable bonds is 13. The standard InChI is InChI=1S/C18H35N3/c1-2-3-4-5-6-7-8-9-10-11-12-13-18-20-15-17-21(18)16-14-19/h9-10,15,18H,2-8,11-14,16-17,19H2,1H3/b10-9+. The third-order valence-electron chi connectivity index (χ3n) is 4.16. The van der Waals surface area contributed by atoms with Gasteiger partial charge in [0.25, 0.3) is 0 Å². The van der Waals surface area contributed by atoms with Crippen molar-refractivity contribution in [2.45, 2.75) is 77.3 Å². The van der Waals surface area contributed by atoms with Gasteiger partial charge in [-0.15, -0.1) is 0 Å². The maximum atomic E-state index is 5.62. The molecular formula is C18H35N3. The van der Waals surface area contributed by atoms with Gasteiger partial charge in [0.15, 0.2) is 0 Å². The van der Waals surface area contributed by atoms with E-state index in [4.69, 9.17) is 5.73 Å². The molecule has 2 N–H and O–H groups in total. The summed E-state index contributed by atoms with van der Waals surface area (Å²) >= 11 is 0. The molecule has 0 saturated carbocycles. The van der Waals surface area contributed by atoms with Crippen molar-refractivity contribution in [1.29, 1.82) is 0 Å². The van der Waals surface area contributed by atoms with Gasteiger partial charge in [0, 0.05) is 25.8 Å². The van der Waals surface area contributed by atoms with E-state index in [0.717, 1.165) is 26.1 Å². The van der Waals surface area contributed by atoms with Crippen LogP contribution in [-0.2, 0) is 0 Å². The Morgan fingerprint density at radius 1 is 1.10 bits per heavy atom. The fourth-order valence-corrected chi connectivity index (χ4v) is 2.85. The highest BCUT2D eigenvalue weighted by atomic mass is 15.3. The number of nitrogens with zero attached hydrogens (tertiary/aromatic N) is 2. The quantitative estimate of drug-likeness (QED) is 0.410. The van der Waals surface area contributed by atoms with Crippen LogP contribution in [0.4, 0.5) is 0 Å². The lowest BCUT2D eigenvalue weighted by molar-refractivity contribution is 0.243. The Hall–Kier alpha value is -0.670. The van der Waals surface area contributed by atoms with Crippen LogP contribution in [-0.4, -0.2) is 36.9 Å². The van der Waals surface area contributed by atoms with Gasteiger partial charge in [-0.25, -0.2) is 0 Å². The molecule has 0 aliphatic carbocycles. The van der Waals surface area contributed by atoms with Crippen LogP contribution in [0.3, 0.4) is 0 Å². The van der Waals surface area contributed by atoms with Gasteiger partial charge in [0.2, 0.25) is 0 Å². The third-order valence-corrected chi connectivity index (χ3v) is 4.16. The highest BCUT2D eigenvalue weighted by molar-refractivity contribution is 5.62. The molecule has 1 atom stereocenters. The SMILES string of the molecule is CCCCCCCC/C=C/CCCC1N=CCN1CCN. The molecule has 1 aliphatic heterocycles. The second-order valence-electron chi connectivity index (χ2n) is 6.05. The van der Waals surface area contributed by atoms with E-state index in [1.165, 1.54) is 57.8 Å². The fourth-order valence-electron chi connectivity index (χ4n) is 2.85. The van der Waals surface area contributed by atoms with Crippen molar-refractivity contribution in [3.05, 3.63) is 12.2 Å². The highest BCUT2D eigenvalue weighted by Crippen LogP contribution is 2.14. The average molecular weight is 293 g/mol. The number of unbranched alkanes of at least 4 members (excludes halogenated alkanes) is 7. The van der Waals surface area contributed by atoms with Crippen LogP contribution in [0.1, 0.15) is 71.1 Å². The molecule has 21 heavy (non-hydrogen) atoms. The predicted octanol–water partition coefficient (Wildman–Crippen LogP) is 4.13. The van der Waals surface area contributed by atoms with Crippen molar-refractivity contribution in [2.24, 2.45) is 10.7 Å². The van der Waals surface area contributed by atoms with Gasteiger partial charge in [-0.3, -0.25) is 9.89 Å². The highest BCUT2D eigenvalue weighted by Gasteiger charge is 2.18. The maximum Gasteiger partial charge on any atom is 0.102 e. The number of allylic oxidation sites excluding steroid dienone is 2. The van der Waals surface area contributed by atoms with Crippen LogP contribution in [0.2, 0.25) is 0 Å². The molecule has 0 saturated heterocycles. The van der Waals surface area contributed by atoms with Crippen molar-refractivity contribution in [2.75, 3.05) is 19.6 Å². The van der Waals surface area contributed by atoms with Gasteiger partial charge in [0.1, 0.15) is 6.17 Å². The van der Waals surface area contributed by atoms with Crippen molar-refractivity contribution in [3.8, 4) is 0 Å². The summed E-state index contributed by atoms with van der Waals surface area (Å²) in [7, 11) is 0. The summed E-state index contributed by atoms with van der Waals surface area (Å²) in [4.78, 5) is 6.91. The van der Waals surface area contributed by atoms with E-state index < -0.39 is 0 Å². The molecule has 1 aliphatic rings. The van der Waals surface area contributed by atoms with E-state index in [1.54, 1.807) is 0 Å². The van der Waals surface area contributed by atoms with Crippen molar-refractivity contribution < 1.29 is 0 Å². The van der Waals surface area contributed by atoms with Crippen molar-refractivity contribution in [3.63, 3.8) is 0 Å². The normalized spacial score (nSPS) is 19.0. The smallest absolute Gasteiger partial charge is 0.102 e. The van der Waals surface area contributed by atoms with Gasteiger partial charge < -0.3 is 5.73 Å². The second kappa shape index (κ2) is 13.0. The molecule has 1 heterocycles. The molecule has 0 amide bonds. The molecule has 0 radical (unpaired) electrons. The third kappa shape index (κ3) is 9.05. The minimum atomic E-state index is 0.389. The summed E-state index contributed by atoms with van der Waals surface area (Å²) < 4.78 is 0. The Morgan fingerprint density at radius 2 is 1.81 bits per heavy atom. The lowest BCUT2D eigenvalue weighted by Crippen LogP contribution is -2.34. The molecule has 3 heteroatoms. The van der Waals surface area contributed by atoms with Crippen LogP contribution in [0.25, 0.3) is 0 Å². The number of nitrogens with two attached hydrogens (primary N) is 1. The topological polar surface area (TPSA) is 41.6 Å². The fraction of sp³-hybridized carbons (Fsp3) is 0.833.